The van der Waals surface area contributed by atoms with E-state index in [2.05, 4.69) is 5.32 Å². The lowest BCUT2D eigenvalue weighted by atomic mass is 10.1. The van der Waals surface area contributed by atoms with Gasteiger partial charge in [0.2, 0.25) is 5.91 Å². The highest BCUT2D eigenvalue weighted by atomic mass is 19.1. The summed E-state index contributed by atoms with van der Waals surface area (Å²) < 4.78 is 18.5. The maximum absolute atomic E-state index is 13.7. The van der Waals surface area contributed by atoms with Crippen molar-refractivity contribution in [1.82, 2.24) is 5.32 Å². The number of carbonyl (C=O) groups excluding carboxylic acids is 1. The predicted octanol–water partition coefficient (Wildman–Crippen LogP) is 2.96. The zero-order valence-corrected chi connectivity index (χ0v) is 12.5. The Morgan fingerprint density at radius 3 is 2.55 bits per heavy atom. The van der Waals surface area contributed by atoms with E-state index in [-0.39, 0.29) is 29.9 Å². The number of methoxy groups -OCH3 is 1. The SMILES string of the molecule is COc1ccc(C(C)NC(=O)Cc2ccc(O)cc2)cc1F. The molecule has 1 unspecified atom stereocenters. The second-order valence-electron chi connectivity index (χ2n) is 5.03. The van der Waals surface area contributed by atoms with Gasteiger partial charge in [0.1, 0.15) is 5.75 Å². The maximum Gasteiger partial charge on any atom is 0.224 e. The first-order valence-corrected chi connectivity index (χ1v) is 6.90. The van der Waals surface area contributed by atoms with Crippen molar-refractivity contribution < 1.29 is 19.0 Å². The average molecular weight is 303 g/mol. The quantitative estimate of drug-likeness (QED) is 0.893. The largest absolute Gasteiger partial charge is 0.508 e. The number of amides is 1. The van der Waals surface area contributed by atoms with E-state index in [4.69, 9.17) is 4.74 Å². The smallest absolute Gasteiger partial charge is 0.224 e. The molecule has 0 saturated carbocycles. The van der Waals surface area contributed by atoms with Gasteiger partial charge in [-0.15, -0.1) is 0 Å². The van der Waals surface area contributed by atoms with Gasteiger partial charge in [-0.3, -0.25) is 4.79 Å². The molecule has 0 bridgehead atoms. The highest BCUT2D eigenvalue weighted by Crippen LogP contribution is 2.21. The summed E-state index contributed by atoms with van der Waals surface area (Å²) in [5.41, 5.74) is 1.46. The minimum atomic E-state index is -0.459. The van der Waals surface area contributed by atoms with Gasteiger partial charge in [0.15, 0.2) is 11.6 Å². The van der Waals surface area contributed by atoms with E-state index >= 15 is 0 Å². The fourth-order valence-corrected chi connectivity index (χ4v) is 2.13. The lowest BCUT2D eigenvalue weighted by Crippen LogP contribution is -2.28. The van der Waals surface area contributed by atoms with Crippen LogP contribution < -0.4 is 10.1 Å². The second-order valence-corrected chi connectivity index (χ2v) is 5.03. The summed E-state index contributed by atoms with van der Waals surface area (Å²) in [5, 5.41) is 12.0. The molecule has 0 fully saturated rings. The number of nitrogens with one attached hydrogen (secondary N) is 1. The van der Waals surface area contributed by atoms with Gasteiger partial charge >= 0.3 is 0 Å². The van der Waals surface area contributed by atoms with Crippen LogP contribution in [0.15, 0.2) is 42.5 Å². The van der Waals surface area contributed by atoms with Crippen LogP contribution in [0.3, 0.4) is 0 Å². The number of hydrogen-bond acceptors (Lipinski definition) is 3. The minimum absolute atomic E-state index is 0.159. The molecule has 2 aromatic rings. The van der Waals surface area contributed by atoms with E-state index in [1.54, 1.807) is 25.1 Å². The number of hydrogen-bond donors (Lipinski definition) is 2. The summed E-state index contributed by atoms with van der Waals surface area (Å²) in [6, 6.07) is 10.7. The van der Waals surface area contributed by atoms with Gasteiger partial charge in [0.25, 0.3) is 0 Å². The van der Waals surface area contributed by atoms with E-state index in [9.17, 15) is 14.3 Å². The third-order valence-corrected chi connectivity index (χ3v) is 3.35. The van der Waals surface area contributed by atoms with E-state index in [1.807, 2.05) is 0 Å². The molecular formula is C17H18FNO3. The van der Waals surface area contributed by atoms with Crippen LogP contribution in [0.2, 0.25) is 0 Å². The Hall–Kier alpha value is -2.56. The summed E-state index contributed by atoms with van der Waals surface area (Å²) in [6.07, 6.45) is 0.198. The van der Waals surface area contributed by atoms with Gasteiger partial charge in [-0.1, -0.05) is 18.2 Å². The van der Waals surface area contributed by atoms with Crippen molar-refractivity contribution in [1.29, 1.82) is 0 Å². The van der Waals surface area contributed by atoms with Gasteiger partial charge in [0.05, 0.1) is 19.6 Å². The first-order chi connectivity index (χ1) is 10.5. The third kappa shape index (κ3) is 3.97. The van der Waals surface area contributed by atoms with Crippen molar-refractivity contribution in [2.45, 2.75) is 19.4 Å². The summed E-state index contributed by atoms with van der Waals surface area (Å²) in [4.78, 5) is 12.0. The van der Waals surface area contributed by atoms with Crippen LogP contribution in [0.4, 0.5) is 4.39 Å². The van der Waals surface area contributed by atoms with Crippen molar-refractivity contribution in [3.05, 3.63) is 59.4 Å². The molecule has 22 heavy (non-hydrogen) atoms. The van der Waals surface area contributed by atoms with E-state index < -0.39 is 5.82 Å². The lowest BCUT2D eigenvalue weighted by Gasteiger charge is -2.15. The second kappa shape index (κ2) is 6.93. The van der Waals surface area contributed by atoms with Gasteiger partial charge in [0, 0.05) is 0 Å². The monoisotopic (exact) mass is 303 g/mol. The Balaban J connectivity index is 1.98. The lowest BCUT2D eigenvalue weighted by molar-refractivity contribution is -0.121. The molecule has 0 aromatic heterocycles. The van der Waals surface area contributed by atoms with Crippen LogP contribution >= 0.6 is 0 Å². The fourth-order valence-electron chi connectivity index (χ4n) is 2.13. The van der Waals surface area contributed by atoms with Crippen molar-refractivity contribution in [2.24, 2.45) is 0 Å². The zero-order chi connectivity index (χ0) is 16.1. The molecule has 5 heteroatoms. The summed E-state index contributed by atoms with van der Waals surface area (Å²) in [7, 11) is 1.40. The standard InChI is InChI=1S/C17H18FNO3/c1-11(13-5-8-16(22-2)15(18)10-13)19-17(21)9-12-3-6-14(20)7-4-12/h3-8,10-11,20H,9H2,1-2H3,(H,19,21). The highest BCUT2D eigenvalue weighted by Gasteiger charge is 2.12. The molecule has 1 atom stereocenters. The Morgan fingerprint density at radius 2 is 1.95 bits per heavy atom. The Kier molecular flexibility index (Phi) is 4.99. The number of phenols is 1. The van der Waals surface area contributed by atoms with E-state index in [0.29, 0.717) is 5.56 Å². The molecule has 2 rings (SSSR count). The number of rotatable bonds is 5. The number of carbonyl (C=O) groups is 1. The molecule has 2 aromatic carbocycles. The van der Waals surface area contributed by atoms with Crippen LogP contribution in [-0.4, -0.2) is 18.1 Å². The Labute approximate surface area is 128 Å². The predicted molar refractivity (Wildman–Crippen MR) is 81.3 cm³/mol. The molecule has 0 aliphatic carbocycles. The van der Waals surface area contributed by atoms with Crippen LogP contribution in [0, 0.1) is 5.82 Å². The summed E-state index contributed by atoms with van der Waals surface area (Å²) >= 11 is 0. The van der Waals surface area contributed by atoms with E-state index in [0.717, 1.165) is 5.56 Å². The topological polar surface area (TPSA) is 58.6 Å². The maximum atomic E-state index is 13.7. The molecule has 2 N–H and O–H groups in total. The molecular weight excluding hydrogens is 285 g/mol. The molecule has 1 amide bonds. The highest BCUT2D eigenvalue weighted by molar-refractivity contribution is 5.79. The summed E-state index contributed by atoms with van der Waals surface area (Å²) in [5.74, 6) is -0.299. The van der Waals surface area contributed by atoms with Crippen molar-refractivity contribution in [2.75, 3.05) is 7.11 Å². The van der Waals surface area contributed by atoms with Gasteiger partial charge in [-0.2, -0.15) is 0 Å². The minimum Gasteiger partial charge on any atom is -0.508 e. The zero-order valence-electron chi connectivity index (χ0n) is 12.5. The number of phenolic OH excluding ortho intramolecular Hbond substituents is 1. The summed E-state index contributed by atoms with van der Waals surface area (Å²) in [6.45, 7) is 1.79. The molecule has 0 saturated heterocycles. The molecule has 0 aliphatic rings. The van der Waals surface area contributed by atoms with Crippen molar-refractivity contribution >= 4 is 5.91 Å². The molecule has 116 valence electrons. The van der Waals surface area contributed by atoms with Crippen LogP contribution in [0.5, 0.6) is 11.5 Å². The molecule has 0 heterocycles. The van der Waals surface area contributed by atoms with Gasteiger partial charge in [-0.05, 0) is 42.3 Å². The van der Waals surface area contributed by atoms with Crippen molar-refractivity contribution in [3.8, 4) is 11.5 Å². The van der Waals surface area contributed by atoms with Crippen LogP contribution in [0.1, 0.15) is 24.1 Å². The molecule has 0 aliphatic heterocycles. The normalized spacial score (nSPS) is 11.8. The van der Waals surface area contributed by atoms with E-state index in [1.165, 1.54) is 31.4 Å². The Bertz CT molecular complexity index is 655. The van der Waals surface area contributed by atoms with Crippen LogP contribution in [0.25, 0.3) is 0 Å². The number of ether oxygens (including phenoxy) is 1. The van der Waals surface area contributed by atoms with Gasteiger partial charge in [-0.25, -0.2) is 4.39 Å². The average Bonchev–Trinajstić information content (AvgIpc) is 2.49. The Morgan fingerprint density at radius 1 is 1.27 bits per heavy atom. The number of aromatic hydroxyl groups is 1. The molecule has 4 nitrogen and oxygen atoms in total. The number of benzene rings is 2. The first-order valence-electron chi connectivity index (χ1n) is 6.90. The first kappa shape index (κ1) is 15.8. The molecule has 0 radical (unpaired) electrons. The third-order valence-electron chi connectivity index (χ3n) is 3.35. The number of halogens is 1. The van der Waals surface area contributed by atoms with Crippen molar-refractivity contribution in [3.63, 3.8) is 0 Å². The fraction of sp³-hybridized carbons (Fsp3) is 0.235. The van der Waals surface area contributed by atoms with Crippen LogP contribution in [-0.2, 0) is 11.2 Å². The molecule has 0 spiro atoms. The van der Waals surface area contributed by atoms with Gasteiger partial charge < -0.3 is 15.2 Å².